The lowest BCUT2D eigenvalue weighted by atomic mass is 9.85. The Hall–Kier alpha value is -9.79. The number of pyridine rings is 1. The quantitative estimate of drug-likeness (QED) is 0.0251. The van der Waals surface area contributed by atoms with Crippen molar-refractivity contribution in [1.29, 1.82) is 0 Å². The molecule has 108 heavy (non-hydrogen) atoms. The van der Waals surface area contributed by atoms with Crippen LogP contribution in [0.4, 0.5) is 0 Å². The number of aromatic amines is 1. The molecule has 0 unspecified atom stereocenters. The highest BCUT2D eigenvalue weighted by Crippen LogP contribution is 2.27. The number of aromatic nitrogens is 2. The lowest BCUT2D eigenvalue weighted by molar-refractivity contribution is -0.141. The summed E-state index contributed by atoms with van der Waals surface area (Å²) in [6.45, 7) is 15.5. The second-order valence-electron chi connectivity index (χ2n) is 29.3. The Labute approximate surface area is 637 Å². The molecule has 0 radical (unpaired) electrons. The second-order valence-corrected chi connectivity index (χ2v) is 31.4. The number of piperidine rings is 1. The predicted octanol–water partition coefficient (Wildman–Crippen LogP) is 1.93. The lowest BCUT2D eigenvalue weighted by Crippen LogP contribution is -2.67. The molecule has 2 aromatic heterocycles. The summed E-state index contributed by atoms with van der Waals surface area (Å²) in [7, 11) is 0. The number of nitrogens with two attached hydrogens (primary N) is 2. The number of carbonyl (C=O) groups is 12. The summed E-state index contributed by atoms with van der Waals surface area (Å²) in [5, 5.41) is 58.9. The van der Waals surface area contributed by atoms with E-state index in [0.717, 1.165) is 11.1 Å². The number of phenolic OH excluding ortho intramolecular Hbond substituents is 2. The number of rotatable bonds is 38. The summed E-state index contributed by atoms with van der Waals surface area (Å²) < 4.78 is 0. The van der Waals surface area contributed by atoms with Crippen molar-refractivity contribution in [3.63, 3.8) is 0 Å². The number of likely N-dealkylation sites (tertiary alicyclic amines) is 1. The Bertz CT molecular complexity index is 4000. The van der Waals surface area contributed by atoms with Crippen molar-refractivity contribution in [2.24, 2.45) is 22.8 Å². The fraction of sp³-hybridized carbons (Fsp3) is 0.513. The van der Waals surface area contributed by atoms with E-state index in [0.29, 0.717) is 70.9 Å². The van der Waals surface area contributed by atoms with Gasteiger partial charge in [-0.05, 0) is 142 Å². The lowest BCUT2D eigenvalue weighted by Gasteiger charge is -2.38. The van der Waals surface area contributed by atoms with Crippen molar-refractivity contribution < 1.29 is 72.9 Å². The van der Waals surface area contributed by atoms with Crippen molar-refractivity contribution in [3.05, 3.63) is 125 Å². The standard InChI is InChI=1S/C76H105N15O15S2/c1-10-54(67(100)86-58(63(77)97)42-108-41-49-15-11-14-48(35-49)40-107-33-26-60(95)88-62(74(6,7)8)70(103)85-57(37-47-20-24-52(94)25-21-47)71(104)91-32-13-17-59(91)64(78)98)87-72(105)75(9,43(2)3)89-68(101)55(36-46-18-22-51(93)23-19-46)84-66(99)45(5)82-73(106)76(27-30-79-31-28-76)90-69(102)56(83-61(96)34-44(4)92)38-50-39-81-65-53(50)16-12-29-80-65/h11-12,14-16,18-25,29,35,39,43-45,54-59,62,79,92-94H,10,13,17,26-28,30-34,36-38,40-42H2,1-9H3,(H2,77,97)(H2,78,98)(H,80,81)(H,82,106)(H,83,96)(H,84,99)(H,85,103)(H,86,100)(H,87,105)(H,88,95)(H,89,101)(H,90,102)/t44-,45+,54+,55+,56+,57+,58-,59+,62-,75+/m1/s1. The summed E-state index contributed by atoms with van der Waals surface area (Å²) in [5.41, 5.74) is 11.6. The highest BCUT2D eigenvalue weighted by Gasteiger charge is 2.46. The van der Waals surface area contributed by atoms with E-state index in [-0.39, 0.29) is 81.1 Å². The van der Waals surface area contributed by atoms with E-state index in [4.69, 9.17) is 11.5 Å². The molecule has 12 amide bonds. The molecular weight excluding hydrogens is 1430 g/mol. The van der Waals surface area contributed by atoms with E-state index in [1.807, 2.05) is 24.3 Å². The molecule has 586 valence electrons. The summed E-state index contributed by atoms with van der Waals surface area (Å²) in [6.07, 6.45) is 3.09. The minimum atomic E-state index is -1.75. The fourth-order valence-corrected chi connectivity index (χ4v) is 14.5. The van der Waals surface area contributed by atoms with Gasteiger partial charge in [0.15, 0.2) is 0 Å². The zero-order valence-corrected chi connectivity index (χ0v) is 64.3. The third kappa shape index (κ3) is 24.4. The number of thioether (sulfide) groups is 2. The first-order valence-corrected chi connectivity index (χ1v) is 38.6. The van der Waals surface area contributed by atoms with Crippen LogP contribution in [0.3, 0.4) is 0 Å². The van der Waals surface area contributed by atoms with E-state index in [9.17, 15) is 72.9 Å². The molecule has 10 atom stereocenters. The Balaban J connectivity index is 0.922. The molecule has 0 saturated carbocycles. The van der Waals surface area contributed by atoms with Gasteiger partial charge < -0.3 is 89.8 Å². The average molecular weight is 1530 g/mol. The summed E-state index contributed by atoms with van der Waals surface area (Å²) in [4.78, 5) is 175. The number of aliphatic hydroxyl groups excluding tert-OH is 1. The number of primary amides is 2. The summed E-state index contributed by atoms with van der Waals surface area (Å²) in [5.74, 6) is -7.38. The number of H-pyrrole nitrogens is 1. The van der Waals surface area contributed by atoms with Gasteiger partial charge in [-0.15, -0.1) is 0 Å². The monoisotopic (exact) mass is 1530 g/mol. The third-order valence-corrected chi connectivity index (χ3v) is 21.5. The first-order valence-electron chi connectivity index (χ1n) is 36.3. The van der Waals surface area contributed by atoms with Crippen LogP contribution < -0.4 is 64.6 Å². The Morgan fingerprint density at radius 2 is 1.26 bits per heavy atom. The number of hydrogen-bond donors (Lipinski definition) is 16. The normalized spacial score (nSPS) is 17.0. The number of benzene rings is 3. The number of nitrogens with one attached hydrogen (secondary N) is 11. The van der Waals surface area contributed by atoms with Gasteiger partial charge in [0.05, 0.1) is 12.5 Å². The van der Waals surface area contributed by atoms with Gasteiger partial charge in [0.25, 0.3) is 0 Å². The molecule has 5 aromatic rings. The number of aromatic hydroxyl groups is 2. The topological polar surface area (TPSA) is 470 Å². The van der Waals surface area contributed by atoms with Crippen molar-refractivity contribution in [2.45, 2.75) is 204 Å². The highest BCUT2D eigenvalue weighted by molar-refractivity contribution is 7.98. The van der Waals surface area contributed by atoms with Gasteiger partial charge in [-0.3, -0.25) is 57.5 Å². The molecule has 30 nitrogen and oxygen atoms in total. The summed E-state index contributed by atoms with van der Waals surface area (Å²) in [6, 6.07) is 14.0. The van der Waals surface area contributed by atoms with Gasteiger partial charge in [0.2, 0.25) is 70.9 Å². The highest BCUT2D eigenvalue weighted by atomic mass is 32.2. The number of amides is 12. The van der Waals surface area contributed by atoms with Gasteiger partial charge in [-0.25, -0.2) is 4.98 Å². The van der Waals surface area contributed by atoms with Crippen LogP contribution in [-0.4, -0.2) is 198 Å². The fourth-order valence-electron chi connectivity index (χ4n) is 12.6. The zero-order chi connectivity index (χ0) is 79.2. The van der Waals surface area contributed by atoms with Crippen LogP contribution in [0, 0.1) is 11.3 Å². The molecule has 0 spiro atoms. The minimum Gasteiger partial charge on any atom is -0.508 e. The van der Waals surface area contributed by atoms with E-state index in [1.54, 1.807) is 90.3 Å². The van der Waals surface area contributed by atoms with E-state index in [2.05, 4.69) is 63.1 Å². The molecule has 32 heteroatoms. The molecule has 4 heterocycles. The van der Waals surface area contributed by atoms with E-state index >= 15 is 0 Å². The SMILES string of the molecule is CC[C@H](NC(=O)[C@@](C)(NC(=O)[C@H](Cc1ccc(O)cc1)NC(=O)[C@H](C)NC(=O)C1(NC(=O)[C@H](Cc2c[nH]c3ncccc23)NC(=O)C[C@@H](C)O)CCNCC1)C(C)C)C(=O)N[C@H](CSCc1cccc(CSCCC(=O)N[C@H](C(=O)N[C@@H](Cc2ccc(O)cc2)C(=O)N2CCC[C@H]2C(N)=O)C(C)(C)C)c1)C(N)=O. The second kappa shape index (κ2) is 39.4. The number of carbonyl (C=O) groups excluding carboxylic acids is 12. The molecule has 0 aliphatic carbocycles. The van der Waals surface area contributed by atoms with Crippen LogP contribution >= 0.6 is 23.5 Å². The minimum absolute atomic E-state index is 0.0109. The molecule has 3 aromatic carbocycles. The largest absolute Gasteiger partial charge is 0.508 e. The van der Waals surface area contributed by atoms with E-state index in [1.165, 1.54) is 73.5 Å². The molecule has 2 saturated heterocycles. The van der Waals surface area contributed by atoms with E-state index < -0.39 is 142 Å². The first-order chi connectivity index (χ1) is 51.1. The summed E-state index contributed by atoms with van der Waals surface area (Å²) >= 11 is 2.83. The number of fused-ring (bicyclic) bond motifs is 1. The molecular formula is C76H105N15O15S2. The Morgan fingerprint density at radius 3 is 1.85 bits per heavy atom. The smallest absolute Gasteiger partial charge is 0.246 e. The maximum absolute atomic E-state index is 14.7. The third-order valence-electron chi connectivity index (χ3n) is 19.4. The molecule has 2 fully saturated rings. The first kappa shape index (κ1) is 85.5. The average Bonchev–Trinajstić information content (AvgIpc) is 1.74. The number of hydrogen-bond acceptors (Lipinski definition) is 19. The molecule has 2 aliphatic heterocycles. The van der Waals surface area contributed by atoms with Gasteiger partial charge in [0, 0.05) is 73.0 Å². The maximum Gasteiger partial charge on any atom is 0.246 e. The molecule has 7 rings (SSSR count). The number of nitrogens with zero attached hydrogens (tertiary/aromatic N) is 2. The number of phenols is 2. The van der Waals surface area contributed by atoms with Crippen LogP contribution in [0.25, 0.3) is 11.0 Å². The Morgan fingerprint density at radius 1 is 0.657 bits per heavy atom. The van der Waals surface area contributed by atoms with Crippen LogP contribution in [0.5, 0.6) is 11.5 Å². The zero-order valence-electron chi connectivity index (χ0n) is 62.6. The van der Waals surface area contributed by atoms with Crippen molar-refractivity contribution in [1.82, 2.24) is 68.0 Å². The van der Waals surface area contributed by atoms with Gasteiger partial charge >= 0.3 is 0 Å². The Kier molecular flexibility index (Phi) is 31.1. The van der Waals surface area contributed by atoms with Gasteiger partial charge in [-0.1, -0.05) is 90.1 Å². The predicted molar refractivity (Wildman–Crippen MR) is 410 cm³/mol. The van der Waals surface area contributed by atoms with Crippen LogP contribution in [0.1, 0.15) is 135 Å². The van der Waals surface area contributed by atoms with Gasteiger partial charge in [-0.2, -0.15) is 23.5 Å². The molecule has 0 bridgehead atoms. The number of aliphatic hydroxyl groups is 1. The van der Waals surface area contributed by atoms with Crippen LogP contribution in [0.15, 0.2) is 97.3 Å². The van der Waals surface area contributed by atoms with Crippen LogP contribution in [-0.2, 0) is 88.3 Å². The van der Waals surface area contributed by atoms with Crippen molar-refractivity contribution >= 4 is 105 Å². The molecule has 18 N–H and O–H groups in total. The molecule has 2 aliphatic rings. The van der Waals surface area contributed by atoms with Crippen molar-refractivity contribution in [3.8, 4) is 11.5 Å². The maximum atomic E-state index is 14.7. The van der Waals surface area contributed by atoms with Crippen molar-refractivity contribution in [2.75, 3.05) is 31.1 Å². The van der Waals surface area contributed by atoms with Crippen LogP contribution in [0.2, 0.25) is 0 Å². The van der Waals surface area contributed by atoms with Gasteiger partial charge in [0.1, 0.15) is 76.6 Å².